The monoisotopic (exact) mass is 193 g/mol. The van der Waals surface area contributed by atoms with Crippen LogP contribution < -0.4 is 0 Å². The minimum atomic E-state index is -0.153. The van der Waals surface area contributed by atoms with Crippen molar-refractivity contribution in [3.8, 4) is 0 Å². The molecule has 2 fully saturated rings. The van der Waals surface area contributed by atoms with E-state index >= 15 is 0 Å². The summed E-state index contributed by atoms with van der Waals surface area (Å²) in [7, 11) is 1.37. The molecule has 0 aromatic carbocycles. The number of hydroxylamine groups is 2. The second-order valence-corrected chi connectivity index (χ2v) is 4.15. The molecule has 1 saturated carbocycles. The highest BCUT2D eigenvalue weighted by Gasteiger charge is 2.59. The number of allylic oxidation sites excluding steroid dienone is 2. The maximum absolute atomic E-state index is 11.8. The van der Waals surface area contributed by atoms with Crippen LogP contribution >= 0.6 is 0 Å². The SMILES string of the molecule is CON1C(=O)[C@@H]2[C@H](C1=O)[C@H]1C=C[C@H]2C1. The van der Waals surface area contributed by atoms with Crippen LogP contribution in [0, 0.1) is 23.7 Å². The minimum absolute atomic E-state index is 0.141. The van der Waals surface area contributed by atoms with Crippen LogP contribution in [0.4, 0.5) is 0 Å². The first-order chi connectivity index (χ1) is 6.74. The van der Waals surface area contributed by atoms with Gasteiger partial charge in [0.15, 0.2) is 0 Å². The molecule has 14 heavy (non-hydrogen) atoms. The van der Waals surface area contributed by atoms with E-state index in [1.165, 1.54) is 7.11 Å². The van der Waals surface area contributed by atoms with Crippen molar-refractivity contribution < 1.29 is 14.4 Å². The summed E-state index contributed by atoms with van der Waals surface area (Å²) in [5, 5.41) is 0.932. The van der Waals surface area contributed by atoms with Gasteiger partial charge in [0.2, 0.25) is 0 Å². The van der Waals surface area contributed by atoms with Gasteiger partial charge in [-0.05, 0) is 18.3 Å². The molecule has 2 amide bonds. The highest BCUT2D eigenvalue weighted by atomic mass is 16.7. The third-order valence-electron chi connectivity index (χ3n) is 3.61. The van der Waals surface area contributed by atoms with Gasteiger partial charge in [0.25, 0.3) is 11.8 Å². The molecule has 1 saturated heterocycles. The molecule has 4 heteroatoms. The number of amides is 2. The number of hydrogen-bond donors (Lipinski definition) is 0. The van der Waals surface area contributed by atoms with Crippen molar-refractivity contribution in [1.82, 2.24) is 5.06 Å². The fourth-order valence-corrected chi connectivity index (χ4v) is 3.05. The number of carbonyl (C=O) groups excluding carboxylic acids is 2. The van der Waals surface area contributed by atoms with Crippen molar-refractivity contribution in [2.45, 2.75) is 6.42 Å². The van der Waals surface area contributed by atoms with Gasteiger partial charge in [-0.3, -0.25) is 14.4 Å². The summed E-state index contributed by atoms with van der Waals surface area (Å²) in [6, 6.07) is 0. The third-order valence-corrected chi connectivity index (χ3v) is 3.61. The van der Waals surface area contributed by atoms with E-state index < -0.39 is 0 Å². The van der Waals surface area contributed by atoms with Crippen LogP contribution in [-0.2, 0) is 14.4 Å². The Labute approximate surface area is 81.5 Å². The lowest BCUT2D eigenvalue weighted by molar-refractivity contribution is -0.182. The lowest BCUT2D eigenvalue weighted by Crippen LogP contribution is -2.31. The van der Waals surface area contributed by atoms with E-state index in [1.807, 2.05) is 0 Å². The summed E-state index contributed by atoms with van der Waals surface area (Å²) in [6.45, 7) is 0. The Balaban J connectivity index is 2.02. The Morgan fingerprint density at radius 1 is 1.21 bits per heavy atom. The summed E-state index contributed by atoms with van der Waals surface area (Å²) < 4.78 is 0. The number of hydrogen-bond acceptors (Lipinski definition) is 3. The first-order valence-electron chi connectivity index (χ1n) is 4.84. The van der Waals surface area contributed by atoms with Crippen molar-refractivity contribution >= 4 is 11.8 Å². The highest BCUT2D eigenvalue weighted by Crippen LogP contribution is 2.52. The molecule has 1 aliphatic heterocycles. The Kier molecular flexibility index (Phi) is 1.43. The second kappa shape index (κ2) is 2.45. The van der Waals surface area contributed by atoms with E-state index in [0.29, 0.717) is 0 Å². The molecule has 4 atom stereocenters. The van der Waals surface area contributed by atoms with E-state index in [2.05, 4.69) is 12.2 Å². The second-order valence-electron chi connectivity index (χ2n) is 4.15. The van der Waals surface area contributed by atoms with Gasteiger partial charge in [0.1, 0.15) is 0 Å². The van der Waals surface area contributed by atoms with Gasteiger partial charge >= 0.3 is 0 Å². The van der Waals surface area contributed by atoms with Gasteiger partial charge in [-0.2, -0.15) is 5.06 Å². The minimum Gasteiger partial charge on any atom is -0.272 e. The molecule has 0 radical (unpaired) electrons. The fraction of sp³-hybridized carbons (Fsp3) is 0.600. The van der Waals surface area contributed by atoms with Crippen LogP contribution in [-0.4, -0.2) is 24.0 Å². The van der Waals surface area contributed by atoms with E-state index in [1.54, 1.807) is 0 Å². The van der Waals surface area contributed by atoms with E-state index in [0.717, 1.165) is 11.5 Å². The van der Waals surface area contributed by atoms with Gasteiger partial charge < -0.3 is 0 Å². The molecule has 3 aliphatic rings. The largest absolute Gasteiger partial charge is 0.272 e. The predicted octanol–water partition coefficient (Wildman–Crippen LogP) is 0.355. The van der Waals surface area contributed by atoms with Crippen LogP contribution in [0.25, 0.3) is 0 Å². The van der Waals surface area contributed by atoms with Crippen molar-refractivity contribution in [2.24, 2.45) is 23.7 Å². The predicted molar refractivity (Wildman–Crippen MR) is 46.6 cm³/mol. The zero-order chi connectivity index (χ0) is 9.87. The molecular formula is C10H11NO3. The molecule has 0 spiro atoms. The third kappa shape index (κ3) is 0.733. The lowest BCUT2D eigenvalue weighted by Gasteiger charge is -2.13. The summed E-state index contributed by atoms with van der Waals surface area (Å²) in [5.41, 5.74) is 0. The van der Waals surface area contributed by atoms with Gasteiger partial charge in [-0.1, -0.05) is 12.2 Å². The molecule has 0 N–H and O–H groups in total. The van der Waals surface area contributed by atoms with Crippen LogP contribution in [0.3, 0.4) is 0 Å². The molecule has 0 unspecified atom stereocenters. The number of carbonyl (C=O) groups is 2. The quantitative estimate of drug-likeness (QED) is 0.446. The molecule has 4 nitrogen and oxygen atoms in total. The van der Waals surface area contributed by atoms with Crippen LogP contribution in [0.15, 0.2) is 12.2 Å². The first kappa shape index (κ1) is 8.17. The molecule has 0 aromatic heterocycles. The molecular weight excluding hydrogens is 182 g/mol. The number of rotatable bonds is 1. The highest BCUT2D eigenvalue weighted by molar-refractivity contribution is 6.05. The lowest BCUT2D eigenvalue weighted by atomic mass is 9.85. The van der Waals surface area contributed by atoms with Crippen LogP contribution in [0.5, 0.6) is 0 Å². The molecule has 2 bridgehead atoms. The summed E-state index contributed by atoms with van der Waals surface area (Å²) in [6.07, 6.45) is 5.09. The summed E-state index contributed by atoms with van der Waals surface area (Å²) >= 11 is 0. The smallest absolute Gasteiger partial charge is 0.258 e. The molecule has 74 valence electrons. The van der Waals surface area contributed by atoms with Crippen molar-refractivity contribution in [2.75, 3.05) is 7.11 Å². The first-order valence-corrected chi connectivity index (χ1v) is 4.84. The standard InChI is InChI=1S/C10H11NO3/c1-14-11-9(12)7-5-2-3-6(4-5)8(7)10(11)13/h2-3,5-8H,4H2,1H3/t5-,6-,7-,8+/m0/s1. The van der Waals surface area contributed by atoms with Crippen molar-refractivity contribution in [3.05, 3.63) is 12.2 Å². The number of nitrogens with zero attached hydrogens (tertiary/aromatic N) is 1. The summed E-state index contributed by atoms with van der Waals surface area (Å²) in [4.78, 5) is 28.3. The summed E-state index contributed by atoms with van der Waals surface area (Å²) in [5.74, 6) is -0.0585. The maximum Gasteiger partial charge on any atom is 0.258 e. The topological polar surface area (TPSA) is 46.6 Å². The Hall–Kier alpha value is -1.16. The zero-order valence-electron chi connectivity index (χ0n) is 7.84. The fourth-order valence-electron chi connectivity index (χ4n) is 3.05. The average Bonchev–Trinajstić information content (AvgIpc) is 2.80. The van der Waals surface area contributed by atoms with Gasteiger partial charge in [0.05, 0.1) is 18.9 Å². The van der Waals surface area contributed by atoms with E-state index in [4.69, 9.17) is 4.84 Å². The Bertz CT molecular complexity index is 319. The maximum atomic E-state index is 11.8. The van der Waals surface area contributed by atoms with Crippen molar-refractivity contribution in [3.63, 3.8) is 0 Å². The zero-order valence-corrected chi connectivity index (χ0v) is 7.84. The van der Waals surface area contributed by atoms with Gasteiger partial charge in [0, 0.05) is 0 Å². The molecule has 0 aromatic rings. The van der Waals surface area contributed by atoms with E-state index in [9.17, 15) is 9.59 Å². The normalized spacial score (nSPS) is 43.9. The number of imide groups is 1. The van der Waals surface area contributed by atoms with Crippen molar-refractivity contribution in [1.29, 1.82) is 0 Å². The average molecular weight is 193 g/mol. The van der Waals surface area contributed by atoms with Gasteiger partial charge in [-0.25, -0.2) is 0 Å². The van der Waals surface area contributed by atoms with E-state index in [-0.39, 0.29) is 35.5 Å². The van der Waals surface area contributed by atoms with Crippen LogP contribution in [0.1, 0.15) is 6.42 Å². The molecule has 3 rings (SSSR count). The van der Waals surface area contributed by atoms with Gasteiger partial charge in [-0.15, -0.1) is 0 Å². The molecule has 1 heterocycles. The Morgan fingerprint density at radius 3 is 2.14 bits per heavy atom. The number of fused-ring (bicyclic) bond motifs is 5. The molecule has 2 aliphatic carbocycles. The van der Waals surface area contributed by atoms with Crippen LogP contribution in [0.2, 0.25) is 0 Å². The Morgan fingerprint density at radius 2 is 1.71 bits per heavy atom.